The maximum absolute atomic E-state index is 10.8. The topological polar surface area (TPSA) is 64.1 Å². The number of aryl methyl sites for hydroxylation is 1. The van der Waals surface area contributed by atoms with Crippen LogP contribution in [0, 0.1) is 6.92 Å². The van der Waals surface area contributed by atoms with Crippen LogP contribution in [0.3, 0.4) is 0 Å². The van der Waals surface area contributed by atoms with Crippen LogP contribution in [-0.2, 0) is 4.74 Å². The van der Waals surface area contributed by atoms with Crippen molar-refractivity contribution in [1.82, 2.24) is 15.3 Å². The molecule has 1 unspecified atom stereocenters. The lowest BCUT2D eigenvalue weighted by atomic mass is 10.2. The molecule has 0 saturated carbocycles. The zero-order valence-corrected chi connectivity index (χ0v) is 7.15. The highest BCUT2D eigenvalue weighted by atomic mass is 16.6. The molecule has 0 radical (unpaired) electrons. The Morgan fingerprint density at radius 3 is 2.92 bits per heavy atom. The summed E-state index contributed by atoms with van der Waals surface area (Å²) in [5.41, 5.74) is 1.59. The molecule has 2 heterocycles. The summed E-state index contributed by atoms with van der Waals surface area (Å²) >= 11 is 0. The fourth-order valence-electron chi connectivity index (χ4n) is 1.29. The smallest absolute Gasteiger partial charge is 0.407 e. The molecule has 1 saturated heterocycles. The maximum atomic E-state index is 10.8. The molecule has 2 rings (SSSR count). The predicted molar refractivity (Wildman–Crippen MR) is 44.0 cm³/mol. The van der Waals surface area contributed by atoms with Crippen LogP contribution < -0.4 is 5.32 Å². The molecule has 1 aliphatic rings. The third-order valence-corrected chi connectivity index (χ3v) is 1.92. The highest BCUT2D eigenvalue weighted by Gasteiger charge is 2.26. The average molecular weight is 179 g/mol. The van der Waals surface area contributed by atoms with Crippen LogP contribution in [0.1, 0.15) is 17.4 Å². The molecular weight excluding hydrogens is 170 g/mol. The second kappa shape index (κ2) is 3.01. The zero-order valence-electron chi connectivity index (χ0n) is 7.15. The number of rotatable bonds is 1. The SMILES string of the molecule is Cc1nccnc1C1COC(=O)N1. The van der Waals surface area contributed by atoms with Crippen LogP contribution in [0.25, 0.3) is 0 Å². The fraction of sp³-hybridized carbons (Fsp3) is 0.375. The van der Waals surface area contributed by atoms with Gasteiger partial charge in [-0.15, -0.1) is 0 Å². The summed E-state index contributed by atoms with van der Waals surface area (Å²) in [6.45, 7) is 2.19. The molecule has 0 bridgehead atoms. The molecule has 1 aromatic heterocycles. The lowest BCUT2D eigenvalue weighted by molar-refractivity contribution is 0.176. The van der Waals surface area contributed by atoms with Crippen LogP contribution in [0.5, 0.6) is 0 Å². The van der Waals surface area contributed by atoms with E-state index in [-0.39, 0.29) is 6.04 Å². The molecule has 68 valence electrons. The molecule has 13 heavy (non-hydrogen) atoms. The first-order valence-electron chi connectivity index (χ1n) is 3.98. The van der Waals surface area contributed by atoms with E-state index in [9.17, 15) is 4.79 Å². The van der Waals surface area contributed by atoms with Crippen molar-refractivity contribution in [2.24, 2.45) is 0 Å². The van der Waals surface area contributed by atoms with Gasteiger partial charge in [-0.1, -0.05) is 0 Å². The fourth-order valence-corrected chi connectivity index (χ4v) is 1.29. The van der Waals surface area contributed by atoms with Crippen LogP contribution in [0.4, 0.5) is 4.79 Å². The Labute approximate surface area is 75.1 Å². The molecule has 1 atom stereocenters. The summed E-state index contributed by atoms with van der Waals surface area (Å²) in [5, 5.41) is 2.65. The van der Waals surface area contributed by atoms with E-state index >= 15 is 0 Å². The average Bonchev–Trinajstić information content (AvgIpc) is 2.53. The van der Waals surface area contributed by atoms with Gasteiger partial charge in [-0.25, -0.2) is 4.79 Å². The molecule has 0 spiro atoms. The highest BCUT2D eigenvalue weighted by Crippen LogP contribution is 2.17. The predicted octanol–water partition coefficient (Wildman–Crippen LogP) is 0.566. The third-order valence-electron chi connectivity index (χ3n) is 1.92. The van der Waals surface area contributed by atoms with E-state index in [2.05, 4.69) is 15.3 Å². The Morgan fingerprint density at radius 2 is 2.31 bits per heavy atom. The zero-order chi connectivity index (χ0) is 9.26. The van der Waals surface area contributed by atoms with E-state index in [0.717, 1.165) is 11.4 Å². The Hall–Kier alpha value is -1.65. The Morgan fingerprint density at radius 1 is 1.54 bits per heavy atom. The van der Waals surface area contributed by atoms with E-state index in [1.165, 1.54) is 0 Å². The van der Waals surface area contributed by atoms with Crippen LogP contribution in [0.15, 0.2) is 12.4 Å². The Balaban J connectivity index is 2.26. The minimum atomic E-state index is -0.393. The molecule has 1 amide bonds. The minimum Gasteiger partial charge on any atom is -0.447 e. The lowest BCUT2D eigenvalue weighted by Gasteiger charge is -2.07. The van der Waals surface area contributed by atoms with Crippen molar-refractivity contribution in [3.8, 4) is 0 Å². The van der Waals surface area contributed by atoms with Gasteiger partial charge in [0, 0.05) is 12.4 Å². The van der Waals surface area contributed by atoms with Crippen molar-refractivity contribution >= 4 is 6.09 Å². The molecular formula is C8H9N3O2. The summed E-state index contributed by atoms with van der Waals surface area (Å²) < 4.78 is 4.76. The van der Waals surface area contributed by atoms with Crippen molar-refractivity contribution in [2.45, 2.75) is 13.0 Å². The first kappa shape index (κ1) is 7.97. The minimum absolute atomic E-state index is 0.152. The highest BCUT2D eigenvalue weighted by molar-refractivity contribution is 5.69. The van der Waals surface area contributed by atoms with Crippen molar-refractivity contribution in [1.29, 1.82) is 0 Å². The van der Waals surface area contributed by atoms with E-state index in [4.69, 9.17) is 4.74 Å². The third kappa shape index (κ3) is 1.44. The van der Waals surface area contributed by atoms with Gasteiger partial charge in [0.15, 0.2) is 0 Å². The summed E-state index contributed by atoms with van der Waals surface area (Å²) in [6.07, 6.45) is 2.83. The summed E-state index contributed by atoms with van der Waals surface area (Å²) in [6, 6.07) is -0.152. The van der Waals surface area contributed by atoms with Gasteiger partial charge in [0.25, 0.3) is 0 Å². The molecule has 0 aliphatic carbocycles. The van der Waals surface area contributed by atoms with E-state index in [0.29, 0.717) is 6.61 Å². The molecule has 1 aliphatic heterocycles. The van der Waals surface area contributed by atoms with Gasteiger partial charge < -0.3 is 10.1 Å². The van der Waals surface area contributed by atoms with Crippen molar-refractivity contribution in [3.05, 3.63) is 23.8 Å². The molecule has 1 fully saturated rings. The normalized spacial score (nSPS) is 21.0. The number of aromatic nitrogens is 2. The van der Waals surface area contributed by atoms with Gasteiger partial charge in [0.2, 0.25) is 0 Å². The Kier molecular flexibility index (Phi) is 1.84. The van der Waals surface area contributed by atoms with Gasteiger partial charge in [-0.3, -0.25) is 9.97 Å². The summed E-state index contributed by atoms with van der Waals surface area (Å²) in [4.78, 5) is 19.0. The van der Waals surface area contributed by atoms with E-state index in [1.54, 1.807) is 12.4 Å². The monoisotopic (exact) mass is 179 g/mol. The number of carbonyl (C=O) groups is 1. The maximum Gasteiger partial charge on any atom is 0.407 e. The number of hydrogen-bond donors (Lipinski definition) is 1. The standard InChI is InChI=1S/C8H9N3O2/c1-5-7(10-3-2-9-5)6-4-13-8(12)11-6/h2-3,6H,4H2,1H3,(H,11,12). The quantitative estimate of drug-likeness (QED) is 0.684. The first-order chi connectivity index (χ1) is 6.27. The molecule has 5 nitrogen and oxygen atoms in total. The van der Waals surface area contributed by atoms with Crippen LogP contribution >= 0.6 is 0 Å². The van der Waals surface area contributed by atoms with Gasteiger partial charge in [0.1, 0.15) is 12.6 Å². The lowest BCUT2D eigenvalue weighted by Crippen LogP contribution is -2.20. The number of carbonyl (C=O) groups excluding carboxylic acids is 1. The number of hydrogen-bond acceptors (Lipinski definition) is 4. The summed E-state index contributed by atoms with van der Waals surface area (Å²) in [7, 11) is 0. The largest absolute Gasteiger partial charge is 0.447 e. The molecule has 0 aromatic carbocycles. The van der Waals surface area contributed by atoms with Gasteiger partial charge in [0.05, 0.1) is 11.4 Å². The second-order valence-corrected chi connectivity index (χ2v) is 2.82. The van der Waals surface area contributed by atoms with Gasteiger partial charge in [-0.2, -0.15) is 0 Å². The first-order valence-corrected chi connectivity index (χ1v) is 3.98. The number of ether oxygens (including phenoxy) is 1. The number of nitrogens with one attached hydrogen (secondary N) is 1. The molecule has 1 N–H and O–H groups in total. The van der Waals surface area contributed by atoms with Gasteiger partial charge >= 0.3 is 6.09 Å². The summed E-state index contributed by atoms with van der Waals surface area (Å²) in [5.74, 6) is 0. The second-order valence-electron chi connectivity index (χ2n) is 2.82. The number of alkyl carbamates (subject to hydrolysis) is 1. The van der Waals surface area contributed by atoms with Crippen molar-refractivity contribution < 1.29 is 9.53 Å². The van der Waals surface area contributed by atoms with E-state index in [1.807, 2.05) is 6.92 Å². The van der Waals surface area contributed by atoms with E-state index < -0.39 is 6.09 Å². The molecule has 1 aromatic rings. The van der Waals surface area contributed by atoms with Gasteiger partial charge in [-0.05, 0) is 6.92 Å². The van der Waals surface area contributed by atoms with Crippen LogP contribution in [0.2, 0.25) is 0 Å². The van der Waals surface area contributed by atoms with Crippen LogP contribution in [-0.4, -0.2) is 22.7 Å². The number of cyclic esters (lactones) is 1. The van der Waals surface area contributed by atoms with Crippen molar-refractivity contribution in [2.75, 3.05) is 6.61 Å². The Bertz CT molecular complexity index is 340. The number of nitrogens with zero attached hydrogens (tertiary/aromatic N) is 2. The van der Waals surface area contributed by atoms with Crippen molar-refractivity contribution in [3.63, 3.8) is 0 Å². The number of amides is 1. The molecule has 5 heteroatoms.